The van der Waals surface area contributed by atoms with Crippen molar-refractivity contribution in [2.24, 2.45) is 5.92 Å². The molecule has 4 heteroatoms. The Morgan fingerprint density at radius 3 is 2.75 bits per heavy atom. The normalized spacial score (nSPS) is 10.2. The van der Waals surface area contributed by atoms with Crippen molar-refractivity contribution in [1.29, 1.82) is 0 Å². The molecule has 16 heavy (non-hydrogen) atoms. The van der Waals surface area contributed by atoms with Gasteiger partial charge in [0.2, 0.25) is 0 Å². The number of halogens is 1. The van der Waals surface area contributed by atoms with Gasteiger partial charge in [0.1, 0.15) is 5.75 Å². The molecule has 0 spiro atoms. The second-order valence-corrected chi connectivity index (χ2v) is 4.77. The second-order valence-electron chi connectivity index (χ2n) is 3.92. The topological polar surface area (TPSA) is 38.3 Å². The minimum absolute atomic E-state index is 0.0509. The number of ether oxygens (including phenoxy) is 1. The highest BCUT2D eigenvalue weighted by Crippen LogP contribution is 2.23. The Kier molecular flexibility index (Phi) is 5.32. The van der Waals surface area contributed by atoms with Crippen LogP contribution in [0.15, 0.2) is 28.7 Å². The number of nitrogens with one attached hydrogen (secondary N) is 1. The lowest BCUT2D eigenvalue weighted by molar-refractivity contribution is -0.123. The van der Waals surface area contributed by atoms with E-state index in [1.54, 1.807) is 0 Å². The molecule has 1 aromatic carbocycles. The van der Waals surface area contributed by atoms with E-state index in [-0.39, 0.29) is 12.5 Å². The number of benzene rings is 1. The fourth-order valence-corrected chi connectivity index (χ4v) is 1.47. The van der Waals surface area contributed by atoms with E-state index in [0.717, 1.165) is 4.47 Å². The standard InChI is InChI=1S/C12H16BrNO2/c1-9(2)7-14-12(15)8-16-11-6-4-3-5-10(11)13/h3-6,9H,7-8H2,1-2H3,(H,14,15). The van der Waals surface area contributed by atoms with Gasteiger partial charge >= 0.3 is 0 Å². The molecule has 0 bridgehead atoms. The van der Waals surface area contributed by atoms with Crippen LogP contribution in [0.3, 0.4) is 0 Å². The monoisotopic (exact) mass is 285 g/mol. The quantitative estimate of drug-likeness (QED) is 0.903. The maximum atomic E-state index is 11.4. The molecular formula is C12H16BrNO2. The SMILES string of the molecule is CC(C)CNC(=O)COc1ccccc1Br. The van der Waals surface area contributed by atoms with Crippen molar-refractivity contribution in [3.05, 3.63) is 28.7 Å². The maximum absolute atomic E-state index is 11.4. The minimum Gasteiger partial charge on any atom is -0.483 e. The molecule has 0 unspecified atom stereocenters. The Labute approximate surface area is 104 Å². The van der Waals surface area contributed by atoms with Crippen LogP contribution >= 0.6 is 15.9 Å². The number of rotatable bonds is 5. The fraction of sp³-hybridized carbons (Fsp3) is 0.417. The van der Waals surface area contributed by atoms with Crippen LogP contribution in [-0.4, -0.2) is 19.1 Å². The Balaban J connectivity index is 2.35. The van der Waals surface area contributed by atoms with Gasteiger partial charge in [0.05, 0.1) is 4.47 Å². The van der Waals surface area contributed by atoms with Crippen molar-refractivity contribution >= 4 is 21.8 Å². The van der Waals surface area contributed by atoms with E-state index in [1.807, 2.05) is 24.3 Å². The van der Waals surface area contributed by atoms with E-state index < -0.39 is 0 Å². The van der Waals surface area contributed by atoms with E-state index in [0.29, 0.717) is 18.2 Å². The number of para-hydroxylation sites is 1. The molecule has 1 rings (SSSR count). The third-order valence-electron chi connectivity index (χ3n) is 1.90. The summed E-state index contributed by atoms with van der Waals surface area (Å²) in [6, 6.07) is 7.46. The third kappa shape index (κ3) is 4.66. The highest BCUT2D eigenvalue weighted by atomic mass is 79.9. The molecular weight excluding hydrogens is 270 g/mol. The zero-order valence-electron chi connectivity index (χ0n) is 9.50. The third-order valence-corrected chi connectivity index (χ3v) is 2.56. The Morgan fingerprint density at radius 1 is 1.44 bits per heavy atom. The summed E-state index contributed by atoms with van der Waals surface area (Å²) >= 11 is 3.35. The zero-order chi connectivity index (χ0) is 12.0. The van der Waals surface area contributed by atoms with E-state index in [9.17, 15) is 4.79 Å². The molecule has 3 nitrogen and oxygen atoms in total. The average molecular weight is 286 g/mol. The molecule has 0 aliphatic rings. The summed E-state index contributed by atoms with van der Waals surface area (Å²) in [5.41, 5.74) is 0. The van der Waals surface area contributed by atoms with E-state index in [2.05, 4.69) is 35.1 Å². The van der Waals surface area contributed by atoms with Gasteiger partial charge in [0.25, 0.3) is 5.91 Å². The molecule has 88 valence electrons. The Hall–Kier alpha value is -1.03. The van der Waals surface area contributed by atoms with Gasteiger partial charge in [-0.1, -0.05) is 26.0 Å². The summed E-state index contributed by atoms with van der Waals surface area (Å²) in [4.78, 5) is 11.4. The molecule has 0 saturated heterocycles. The minimum atomic E-state index is -0.0931. The van der Waals surface area contributed by atoms with Crippen LogP contribution in [-0.2, 0) is 4.79 Å². The highest BCUT2D eigenvalue weighted by Gasteiger charge is 2.05. The number of hydrogen-bond donors (Lipinski definition) is 1. The van der Waals surface area contributed by atoms with Gasteiger partial charge in [-0.25, -0.2) is 0 Å². The largest absolute Gasteiger partial charge is 0.483 e. The maximum Gasteiger partial charge on any atom is 0.257 e. The first kappa shape index (κ1) is 13.0. The second kappa shape index (κ2) is 6.53. The molecule has 1 N–H and O–H groups in total. The number of carbonyl (C=O) groups excluding carboxylic acids is 1. The van der Waals surface area contributed by atoms with Gasteiger partial charge in [0, 0.05) is 6.54 Å². The molecule has 0 radical (unpaired) electrons. The van der Waals surface area contributed by atoms with Crippen molar-refractivity contribution < 1.29 is 9.53 Å². The average Bonchev–Trinajstić information content (AvgIpc) is 2.25. The van der Waals surface area contributed by atoms with Crippen LogP contribution in [0.4, 0.5) is 0 Å². The van der Waals surface area contributed by atoms with E-state index in [1.165, 1.54) is 0 Å². The van der Waals surface area contributed by atoms with Crippen LogP contribution < -0.4 is 10.1 Å². The Morgan fingerprint density at radius 2 is 2.12 bits per heavy atom. The molecule has 0 fully saturated rings. The van der Waals surface area contributed by atoms with Crippen molar-refractivity contribution in [2.75, 3.05) is 13.2 Å². The molecule has 0 aliphatic carbocycles. The van der Waals surface area contributed by atoms with Crippen molar-refractivity contribution in [3.63, 3.8) is 0 Å². The smallest absolute Gasteiger partial charge is 0.257 e. The van der Waals surface area contributed by atoms with Crippen LogP contribution in [0.1, 0.15) is 13.8 Å². The first-order chi connectivity index (χ1) is 7.59. The van der Waals surface area contributed by atoms with Crippen molar-refractivity contribution in [1.82, 2.24) is 5.32 Å². The van der Waals surface area contributed by atoms with Gasteiger partial charge in [-0.3, -0.25) is 4.79 Å². The van der Waals surface area contributed by atoms with Gasteiger partial charge in [-0.15, -0.1) is 0 Å². The van der Waals surface area contributed by atoms with Gasteiger partial charge in [-0.05, 0) is 34.0 Å². The molecule has 1 aromatic rings. The van der Waals surface area contributed by atoms with Gasteiger partial charge in [0.15, 0.2) is 6.61 Å². The zero-order valence-corrected chi connectivity index (χ0v) is 11.1. The predicted molar refractivity (Wildman–Crippen MR) is 67.5 cm³/mol. The van der Waals surface area contributed by atoms with Crippen LogP contribution in [0, 0.1) is 5.92 Å². The lowest BCUT2D eigenvalue weighted by atomic mass is 10.2. The lowest BCUT2D eigenvalue weighted by Crippen LogP contribution is -2.31. The lowest BCUT2D eigenvalue weighted by Gasteiger charge is -2.09. The van der Waals surface area contributed by atoms with Crippen LogP contribution in [0.5, 0.6) is 5.75 Å². The molecule has 0 aromatic heterocycles. The number of amides is 1. The number of carbonyl (C=O) groups is 1. The summed E-state index contributed by atoms with van der Waals surface area (Å²) in [5.74, 6) is 1.04. The summed E-state index contributed by atoms with van der Waals surface area (Å²) in [7, 11) is 0. The molecule has 0 saturated carbocycles. The molecule has 0 heterocycles. The summed E-state index contributed by atoms with van der Waals surface area (Å²) in [6.07, 6.45) is 0. The first-order valence-electron chi connectivity index (χ1n) is 5.23. The van der Waals surface area contributed by atoms with Gasteiger partial charge < -0.3 is 10.1 Å². The van der Waals surface area contributed by atoms with Crippen LogP contribution in [0.2, 0.25) is 0 Å². The Bertz CT molecular complexity index is 353. The fourth-order valence-electron chi connectivity index (χ4n) is 1.07. The first-order valence-corrected chi connectivity index (χ1v) is 6.03. The van der Waals surface area contributed by atoms with Crippen molar-refractivity contribution in [3.8, 4) is 5.75 Å². The van der Waals surface area contributed by atoms with Gasteiger partial charge in [-0.2, -0.15) is 0 Å². The summed E-state index contributed by atoms with van der Waals surface area (Å²) < 4.78 is 6.23. The summed E-state index contributed by atoms with van der Waals surface area (Å²) in [6.45, 7) is 4.83. The molecule has 1 amide bonds. The number of hydrogen-bond acceptors (Lipinski definition) is 2. The summed E-state index contributed by atoms with van der Waals surface area (Å²) in [5, 5.41) is 2.79. The molecule has 0 aliphatic heterocycles. The highest BCUT2D eigenvalue weighted by molar-refractivity contribution is 9.10. The van der Waals surface area contributed by atoms with Crippen molar-refractivity contribution in [2.45, 2.75) is 13.8 Å². The van der Waals surface area contributed by atoms with Crippen LogP contribution in [0.25, 0.3) is 0 Å². The predicted octanol–water partition coefficient (Wildman–Crippen LogP) is 2.60. The van der Waals surface area contributed by atoms with E-state index >= 15 is 0 Å². The molecule has 0 atom stereocenters. The van der Waals surface area contributed by atoms with E-state index in [4.69, 9.17) is 4.74 Å².